The van der Waals surface area contributed by atoms with Crippen molar-refractivity contribution in [2.45, 2.75) is 24.4 Å². The summed E-state index contributed by atoms with van der Waals surface area (Å²) in [6, 6.07) is 30.3. The second-order valence-electron chi connectivity index (χ2n) is 10.00. The largest absolute Gasteiger partial charge is 0.497 e. The number of carboxylic acid groups (broad SMARTS) is 1. The van der Waals surface area contributed by atoms with Crippen molar-refractivity contribution in [3.8, 4) is 5.75 Å². The van der Waals surface area contributed by atoms with Gasteiger partial charge in [-0.15, -0.1) is 0 Å². The lowest BCUT2D eigenvalue weighted by Gasteiger charge is -2.38. The number of amides is 1. The van der Waals surface area contributed by atoms with Gasteiger partial charge in [0.15, 0.2) is 5.78 Å². The number of methoxy groups -OCH3 is 1. The zero-order valence-electron chi connectivity index (χ0n) is 22.0. The number of hydrogen-bond acceptors (Lipinski definition) is 4. The Labute approximate surface area is 237 Å². The number of likely N-dealkylation sites (tertiary alicyclic amines) is 1. The van der Waals surface area contributed by atoms with E-state index in [1.165, 1.54) is 11.8 Å². The number of halogens is 1. The fourth-order valence-corrected chi connectivity index (χ4v) is 6.00. The highest BCUT2D eigenvalue weighted by Crippen LogP contribution is 2.57. The Kier molecular flexibility index (Phi) is 7.46. The molecule has 0 saturated carbocycles. The molecule has 1 heterocycles. The van der Waals surface area contributed by atoms with Crippen LogP contribution < -0.4 is 4.74 Å². The highest BCUT2D eigenvalue weighted by molar-refractivity contribution is 6.30. The second kappa shape index (κ2) is 11.0. The third-order valence-corrected chi connectivity index (χ3v) is 8.06. The Balaban J connectivity index is 1.82. The number of ether oxygens (including phenoxy) is 1. The first kappa shape index (κ1) is 27.2. The number of benzene rings is 4. The molecular weight excluding hydrogens is 526 g/mol. The molecule has 1 fully saturated rings. The Morgan fingerprint density at radius 1 is 0.775 bits per heavy atom. The zero-order chi connectivity index (χ0) is 28.4. The molecule has 4 unspecified atom stereocenters. The number of Topliss-reactive ketones (excluding diaryl/α,β-unsaturated/α-hetero) is 1. The molecule has 4 aromatic carbocycles. The molecule has 6 nitrogen and oxygen atoms in total. The first-order valence-electron chi connectivity index (χ1n) is 12.9. The third-order valence-electron chi connectivity index (χ3n) is 7.80. The van der Waals surface area contributed by atoms with Gasteiger partial charge in [0, 0.05) is 22.1 Å². The summed E-state index contributed by atoms with van der Waals surface area (Å²) in [5.41, 5.74) is 0.206. The minimum Gasteiger partial charge on any atom is -0.497 e. The molecule has 0 spiro atoms. The fraction of sp³-hybridized carbons (Fsp3) is 0.182. The van der Waals surface area contributed by atoms with Gasteiger partial charge in [0.25, 0.3) is 5.91 Å². The summed E-state index contributed by atoms with van der Waals surface area (Å²) in [6.45, 7) is 1.53. The summed E-state index contributed by atoms with van der Waals surface area (Å²) < 4.78 is 5.35. The van der Waals surface area contributed by atoms with Gasteiger partial charge in [-0.25, -0.2) is 4.79 Å². The minimum absolute atomic E-state index is 0.253. The molecule has 4 aromatic rings. The maximum absolute atomic E-state index is 14.4. The molecule has 0 bridgehead atoms. The van der Waals surface area contributed by atoms with Crippen LogP contribution in [0.3, 0.4) is 0 Å². The van der Waals surface area contributed by atoms with Gasteiger partial charge in [0.2, 0.25) is 0 Å². The number of aliphatic carboxylic acids is 1. The molecule has 0 aromatic heterocycles. The summed E-state index contributed by atoms with van der Waals surface area (Å²) in [7, 11) is 1.55. The summed E-state index contributed by atoms with van der Waals surface area (Å²) in [4.78, 5) is 43.5. The van der Waals surface area contributed by atoms with E-state index < -0.39 is 35.3 Å². The van der Waals surface area contributed by atoms with Crippen molar-refractivity contribution in [2.75, 3.05) is 7.11 Å². The van der Waals surface area contributed by atoms with Gasteiger partial charge in [-0.3, -0.25) is 9.59 Å². The number of ketones is 1. The maximum Gasteiger partial charge on any atom is 0.330 e. The van der Waals surface area contributed by atoms with Crippen LogP contribution in [-0.2, 0) is 4.79 Å². The van der Waals surface area contributed by atoms with Crippen molar-refractivity contribution in [1.29, 1.82) is 0 Å². The number of hydrogen-bond donors (Lipinski definition) is 1. The van der Waals surface area contributed by atoms with E-state index in [-0.39, 0.29) is 5.78 Å². The molecule has 202 valence electrons. The number of carbonyl (C=O) groups excluding carboxylic acids is 2. The summed E-state index contributed by atoms with van der Waals surface area (Å²) in [5.74, 6) is -3.16. The van der Waals surface area contributed by atoms with E-state index in [9.17, 15) is 19.5 Å². The van der Waals surface area contributed by atoms with Crippen LogP contribution in [0.1, 0.15) is 50.7 Å². The summed E-state index contributed by atoms with van der Waals surface area (Å²) >= 11 is 6.20. The van der Waals surface area contributed by atoms with Gasteiger partial charge in [-0.05, 0) is 54.4 Å². The molecule has 1 saturated heterocycles. The number of nitrogens with zero attached hydrogens (tertiary/aromatic N) is 1. The van der Waals surface area contributed by atoms with Gasteiger partial charge in [-0.2, -0.15) is 0 Å². The normalized spacial score (nSPS) is 22.1. The summed E-state index contributed by atoms with van der Waals surface area (Å²) in [6.07, 6.45) is 0. The lowest BCUT2D eigenvalue weighted by atomic mass is 9.71. The van der Waals surface area contributed by atoms with Crippen molar-refractivity contribution in [3.05, 3.63) is 136 Å². The first-order valence-corrected chi connectivity index (χ1v) is 13.3. The zero-order valence-corrected chi connectivity index (χ0v) is 22.8. The molecular formula is C33H28ClNO5. The SMILES string of the molecule is COc1ccc(C2C(C(=O)c3ccccc3)C(c3ccc(Cl)cc3)C(C)(C(=O)O)N2C(=O)c2ccccc2)cc1. The van der Waals surface area contributed by atoms with E-state index in [1.54, 1.807) is 110 Å². The van der Waals surface area contributed by atoms with Gasteiger partial charge in [-0.1, -0.05) is 84.4 Å². The Morgan fingerprint density at radius 3 is 1.82 bits per heavy atom. The van der Waals surface area contributed by atoms with E-state index in [0.29, 0.717) is 33.0 Å². The van der Waals surface area contributed by atoms with Crippen LogP contribution in [0.5, 0.6) is 5.75 Å². The minimum atomic E-state index is -1.79. The monoisotopic (exact) mass is 553 g/mol. The fourth-order valence-electron chi connectivity index (χ4n) is 5.87. The van der Waals surface area contributed by atoms with Crippen molar-refractivity contribution < 1.29 is 24.2 Å². The van der Waals surface area contributed by atoms with Gasteiger partial charge >= 0.3 is 5.97 Å². The first-order chi connectivity index (χ1) is 19.3. The van der Waals surface area contributed by atoms with E-state index in [1.807, 2.05) is 6.07 Å². The maximum atomic E-state index is 14.4. The van der Waals surface area contributed by atoms with Crippen LogP contribution in [0.2, 0.25) is 5.02 Å². The average Bonchev–Trinajstić information content (AvgIpc) is 3.28. The molecule has 0 radical (unpaired) electrons. The Bertz CT molecular complexity index is 1520. The van der Waals surface area contributed by atoms with Crippen LogP contribution in [0.15, 0.2) is 109 Å². The predicted octanol–water partition coefficient (Wildman–Crippen LogP) is 6.67. The number of carboxylic acids is 1. The van der Waals surface area contributed by atoms with Crippen LogP contribution in [0.25, 0.3) is 0 Å². The standard InChI is InChI=1S/C33H28ClNO5/c1-33(32(38)39)28(21-13-17-25(34)18-14-21)27(30(36)23-9-5-3-6-10-23)29(22-15-19-26(40-2)20-16-22)35(33)31(37)24-11-7-4-8-12-24/h3-20,27-29H,1-2H3,(H,38,39). The van der Waals surface area contributed by atoms with E-state index in [4.69, 9.17) is 16.3 Å². The van der Waals surface area contributed by atoms with Crippen molar-refractivity contribution >= 4 is 29.3 Å². The second-order valence-corrected chi connectivity index (χ2v) is 10.4. The molecule has 4 atom stereocenters. The van der Waals surface area contributed by atoms with Gasteiger partial charge in [0.05, 0.1) is 19.1 Å². The van der Waals surface area contributed by atoms with Gasteiger partial charge in [0.1, 0.15) is 11.3 Å². The Hall–Kier alpha value is -4.42. The smallest absolute Gasteiger partial charge is 0.330 e. The van der Waals surface area contributed by atoms with E-state index >= 15 is 0 Å². The van der Waals surface area contributed by atoms with Crippen molar-refractivity contribution in [3.63, 3.8) is 0 Å². The van der Waals surface area contributed by atoms with Crippen LogP contribution >= 0.6 is 11.6 Å². The van der Waals surface area contributed by atoms with E-state index in [2.05, 4.69) is 0 Å². The predicted molar refractivity (Wildman–Crippen MR) is 153 cm³/mol. The highest BCUT2D eigenvalue weighted by atomic mass is 35.5. The molecule has 1 N–H and O–H groups in total. The molecule has 40 heavy (non-hydrogen) atoms. The van der Waals surface area contributed by atoms with Crippen molar-refractivity contribution in [2.24, 2.45) is 5.92 Å². The van der Waals surface area contributed by atoms with Crippen LogP contribution in [-0.4, -0.2) is 40.3 Å². The molecule has 5 rings (SSSR count). The quantitative estimate of drug-likeness (QED) is 0.258. The van der Waals surface area contributed by atoms with Crippen LogP contribution in [0.4, 0.5) is 0 Å². The average molecular weight is 554 g/mol. The highest BCUT2D eigenvalue weighted by Gasteiger charge is 2.64. The van der Waals surface area contributed by atoms with Gasteiger partial charge < -0.3 is 14.7 Å². The molecule has 0 aliphatic carbocycles. The lowest BCUT2D eigenvalue weighted by Crippen LogP contribution is -2.54. The number of rotatable bonds is 7. The van der Waals surface area contributed by atoms with Crippen molar-refractivity contribution in [1.82, 2.24) is 4.90 Å². The summed E-state index contributed by atoms with van der Waals surface area (Å²) in [5, 5.41) is 11.4. The molecule has 1 amide bonds. The molecule has 7 heteroatoms. The molecule has 1 aliphatic heterocycles. The Morgan fingerprint density at radius 2 is 1.30 bits per heavy atom. The topological polar surface area (TPSA) is 83.9 Å². The third kappa shape index (κ3) is 4.65. The molecule has 1 aliphatic rings. The number of carbonyl (C=O) groups is 3. The van der Waals surface area contributed by atoms with E-state index in [0.717, 1.165) is 0 Å². The van der Waals surface area contributed by atoms with Crippen LogP contribution in [0, 0.1) is 5.92 Å². The lowest BCUT2D eigenvalue weighted by molar-refractivity contribution is -0.148.